The molecule has 2 N–H and O–H groups in total. The second kappa shape index (κ2) is 8.06. The number of rotatable bonds is 5. The number of hydrogen-bond donors (Lipinski definition) is 2. The molecule has 1 heterocycles. The third kappa shape index (κ3) is 4.34. The molecule has 1 aliphatic carbocycles. The van der Waals surface area contributed by atoms with Gasteiger partial charge in [0.15, 0.2) is 5.96 Å². The Bertz CT molecular complexity index is 676. The van der Waals surface area contributed by atoms with E-state index < -0.39 is 0 Å². The molecule has 1 saturated heterocycles. The first-order chi connectivity index (χ1) is 12.5. The van der Waals surface area contributed by atoms with E-state index in [1.807, 2.05) is 37.8 Å². The maximum absolute atomic E-state index is 13.9. The Balaban J connectivity index is 1.54. The summed E-state index contributed by atoms with van der Waals surface area (Å²) in [5.74, 6) is 1.06. The monoisotopic (exact) mass is 360 g/mol. The van der Waals surface area contributed by atoms with Gasteiger partial charge in [0.1, 0.15) is 5.82 Å². The van der Waals surface area contributed by atoms with Gasteiger partial charge in [-0.1, -0.05) is 32.0 Å². The number of guanidine groups is 1. The Morgan fingerprint density at radius 2 is 2.12 bits per heavy atom. The number of amides is 1. The Morgan fingerprint density at radius 1 is 1.35 bits per heavy atom. The normalized spacial score (nSPS) is 25.5. The van der Waals surface area contributed by atoms with Crippen molar-refractivity contribution in [2.75, 3.05) is 19.6 Å². The molecule has 142 valence electrons. The molecule has 1 saturated carbocycles. The minimum atomic E-state index is -0.137. The first kappa shape index (κ1) is 18.7. The minimum absolute atomic E-state index is 0.0312. The summed E-state index contributed by atoms with van der Waals surface area (Å²) >= 11 is 0. The molecule has 3 atom stereocenters. The van der Waals surface area contributed by atoms with Gasteiger partial charge < -0.3 is 15.5 Å². The highest BCUT2D eigenvalue weighted by Gasteiger charge is 2.41. The van der Waals surface area contributed by atoms with E-state index in [9.17, 15) is 9.18 Å². The fraction of sp³-hybridized carbons (Fsp3) is 0.600. The summed E-state index contributed by atoms with van der Waals surface area (Å²) in [5.41, 5.74) is 0.774. The Labute approximate surface area is 155 Å². The average Bonchev–Trinajstić information content (AvgIpc) is 3.20. The van der Waals surface area contributed by atoms with Crippen molar-refractivity contribution in [3.05, 3.63) is 35.6 Å². The van der Waals surface area contributed by atoms with Crippen LogP contribution in [-0.2, 0) is 4.79 Å². The van der Waals surface area contributed by atoms with Gasteiger partial charge in [-0.3, -0.25) is 9.79 Å². The van der Waals surface area contributed by atoms with E-state index >= 15 is 0 Å². The number of aliphatic imine (C=N–C) groups is 1. The summed E-state index contributed by atoms with van der Waals surface area (Å²) in [6.07, 6.45) is 1.83. The summed E-state index contributed by atoms with van der Waals surface area (Å²) in [4.78, 5) is 18.6. The van der Waals surface area contributed by atoms with Crippen LogP contribution in [0.4, 0.5) is 4.39 Å². The van der Waals surface area contributed by atoms with Gasteiger partial charge in [-0.2, -0.15) is 0 Å². The lowest BCUT2D eigenvalue weighted by atomic mass is 10.1. The van der Waals surface area contributed by atoms with Crippen molar-refractivity contribution in [3.63, 3.8) is 0 Å². The SMILES string of the molecule is CCN=C(NC1CCN(C(=O)C(C)C)C1)NC1CC1c1ccccc1F. The largest absolute Gasteiger partial charge is 0.353 e. The van der Waals surface area contributed by atoms with Crippen LogP contribution in [0.5, 0.6) is 0 Å². The van der Waals surface area contributed by atoms with Crippen LogP contribution in [0.2, 0.25) is 0 Å². The lowest BCUT2D eigenvalue weighted by Crippen LogP contribution is -2.46. The summed E-state index contributed by atoms with van der Waals surface area (Å²) in [7, 11) is 0. The van der Waals surface area contributed by atoms with Crippen LogP contribution in [0, 0.1) is 11.7 Å². The molecule has 3 unspecified atom stereocenters. The molecule has 3 rings (SSSR count). The molecule has 0 spiro atoms. The quantitative estimate of drug-likeness (QED) is 0.627. The van der Waals surface area contributed by atoms with Crippen LogP contribution >= 0.6 is 0 Å². The molecule has 2 aliphatic rings. The van der Waals surface area contributed by atoms with E-state index in [0.29, 0.717) is 13.1 Å². The Morgan fingerprint density at radius 3 is 2.81 bits per heavy atom. The predicted octanol–water partition coefficient (Wildman–Crippen LogP) is 2.49. The van der Waals surface area contributed by atoms with Crippen molar-refractivity contribution < 1.29 is 9.18 Å². The van der Waals surface area contributed by atoms with Crippen LogP contribution in [0.1, 0.15) is 45.1 Å². The molecule has 6 heteroatoms. The molecule has 5 nitrogen and oxygen atoms in total. The van der Waals surface area contributed by atoms with Gasteiger partial charge in [0, 0.05) is 43.6 Å². The third-order valence-corrected chi connectivity index (χ3v) is 5.07. The molecule has 0 aromatic heterocycles. The summed E-state index contributed by atoms with van der Waals surface area (Å²) in [6.45, 7) is 8.04. The first-order valence-electron chi connectivity index (χ1n) is 9.60. The van der Waals surface area contributed by atoms with Crippen molar-refractivity contribution in [2.24, 2.45) is 10.9 Å². The minimum Gasteiger partial charge on any atom is -0.353 e. The van der Waals surface area contributed by atoms with E-state index in [1.165, 1.54) is 6.07 Å². The maximum Gasteiger partial charge on any atom is 0.225 e. The smallest absolute Gasteiger partial charge is 0.225 e. The zero-order valence-electron chi connectivity index (χ0n) is 15.8. The molecule has 2 fully saturated rings. The second-order valence-electron chi connectivity index (χ2n) is 7.51. The molecule has 1 aromatic rings. The summed E-state index contributed by atoms with van der Waals surface area (Å²) < 4.78 is 13.9. The topological polar surface area (TPSA) is 56.7 Å². The molecule has 0 radical (unpaired) electrons. The van der Waals surface area contributed by atoms with E-state index in [1.54, 1.807) is 6.07 Å². The standard InChI is InChI=1S/C20H29FN4O/c1-4-22-20(23-14-9-10-25(12-14)19(26)13(2)3)24-18-11-16(18)15-7-5-6-8-17(15)21/h5-8,13-14,16,18H,4,9-12H2,1-3H3,(H2,22,23,24). The Kier molecular flexibility index (Phi) is 5.79. The fourth-order valence-electron chi connectivity index (χ4n) is 3.58. The predicted molar refractivity (Wildman–Crippen MR) is 102 cm³/mol. The highest BCUT2D eigenvalue weighted by atomic mass is 19.1. The number of hydrogen-bond acceptors (Lipinski definition) is 2. The highest BCUT2D eigenvalue weighted by molar-refractivity contribution is 5.82. The number of nitrogens with one attached hydrogen (secondary N) is 2. The lowest BCUT2D eigenvalue weighted by molar-refractivity contribution is -0.133. The maximum atomic E-state index is 13.9. The van der Waals surface area contributed by atoms with Gasteiger partial charge in [-0.25, -0.2) is 4.39 Å². The highest BCUT2D eigenvalue weighted by Crippen LogP contribution is 2.41. The molecule has 1 aliphatic heterocycles. The van der Waals surface area contributed by atoms with Crippen molar-refractivity contribution in [3.8, 4) is 0 Å². The number of halogens is 1. The van der Waals surface area contributed by atoms with Crippen LogP contribution in [0.15, 0.2) is 29.3 Å². The van der Waals surface area contributed by atoms with Crippen LogP contribution in [0.25, 0.3) is 0 Å². The van der Waals surface area contributed by atoms with Crippen molar-refractivity contribution >= 4 is 11.9 Å². The van der Waals surface area contributed by atoms with E-state index in [2.05, 4.69) is 15.6 Å². The van der Waals surface area contributed by atoms with Gasteiger partial charge in [0.05, 0.1) is 0 Å². The molecule has 26 heavy (non-hydrogen) atoms. The van der Waals surface area contributed by atoms with Gasteiger partial charge in [-0.05, 0) is 31.4 Å². The summed E-state index contributed by atoms with van der Waals surface area (Å²) in [6, 6.07) is 7.40. The molecule has 1 aromatic carbocycles. The van der Waals surface area contributed by atoms with Gasteiger partial charge in [0.2, 0.25) is 5.91 Å². The zero-order chi connectivity index (χ0) is 18.7. The summed E-state index contributed by atoms with van der Waals surface area (Å²) in [5, 5.41) is 6.88. The van der Waals surface area contributed by atoms with Gasteiger partial charge in [0.25, 0.3) is 0 Å². The average molecular weight is 360 g/mol. The number of nitrogens with zero attached hydrogens (tertiary/aromatic N) is 2. The van der Waals surface area contributed by atoms with E-state index in [-0.39, 0.29) is 35.6 Å². The Hall–Kier alpha value is -2.11. The van der Waals surface area contributed by atoms with Crippen molar-refractivity contribution in [1.82, 2.24) is 15.5 Å². The van der Waals surface area contributed by atoms with E-state index in [0.717, 1.165) is 30.9 Å². The fourth-order valence-corrected chi connectivity index (χ4v) is 3.58. The van der Waals surface area contributed by atoms with E-state index in [4.69, 9.17) is 0 Å². The van der Waals surface area contributed by atoms with Gasteiger partial charge in [-0.15, -0.1) is 0 Å². The number of carbonyl (C=O) groups is 1. The third-order valence-electron chi connectivity index (χ3n) is 5.07. The van der Waals surface area contributed by atoms with Crippen molar-refractivity contribution in [2.45, 2.75) is 51.6 Å². The zero-order valence-corrected chi connectivity index (χ0v) is 15.8. The number of carbonyl (C=O) groups excluding carboxylic acids is 1. The molecule has 1 amide bonds. The number of likely N-dealkylation sites (tertiary alicyclic amines) is 1. The number of benzene rings is 1. The van der Waals surface area contributed by atoms with Gasteiger partial charge >= 0.3 is 0 Å². The van der Waals surface area contributed by atoms with Crippen LogP contribution < -0.4 is 10.6 Å². The van der Waals surface area contributed by atoms with Crippen LogP contribution in [-0.4, -0.2) is 48.5 Å². The molecular formula is C20H29FN4O. The van der Waals surface area contributed by atoms with Crippen LogP contribution in [0.3, 0.4) is 0 Å². The second-order valence-corrected chi connectivity index (χ2v) is 7.51. The lowest BCUT2D eigenvalue weighted by Gasteiger charge is -2.20. The molecule has 0 bridgehead atoms. The van der Waals surface area contributed by atoms with Crippen molar-refractivity contribution in [1.29, 1.82) is 0 Å². The first-order valence-corrected chi connectivity index (χ1v) is 9.60. The molecular weight excluding hydrogens is 331 g/mol.